The number of hydrogen-bond acceptors (Lipinski definition) is 3. The predicted molar refractivity (Wildman–Crippen MR) is 104 cm³/mol. The molecule has 0 saturated heterocycles. The summed E-state index contributed by atoms with van der Waals surface area (Å²) in [6, 6.07) is 0. The van der Waals surface area contributed by atoms with Gasteiger partial charge in [-0.25, -0.2) is 0 Å². The number of nitrogens with one attached hydrogen (secondary N) is 2. The molecule has 134 valence electrons. The first-order valence-electron chi connectivity index (χ1n) is 7.97. The largest absolute Gasteiger partial charge is 0.330 e. The van der Waals surface area contributed by atoms with Crippen LogP contribution in [0.25, 0.3) is 0 Å². The molecule has 0 rings (SSSR count). The first-order valence-corrected chi connectivity index (χ1v) is 7.97. The van der Waals surface area contributed by atoms with Crippen LogP contribution in [-0.4, -0.2) is 33.2 Å². The third kappa shape index (κ3) is 29.4. The molecule has 3 nitrogen and oxygen atoms in total. The Morgan fingerprint density at radius 3 is 1.38 bits per heavy atom. The Bertz CT molecular complexity index is 136. The van der Waals surface area contributed by atoms with E-state index in [9.17, 15) is 0 Å². The van der Waals surface area contributed by atoms with Crippen molar-refractivity contribution in [2.75, 3.05) is 33.2 Å². The fourth-order valence-corrected chi connectivity index (χ4v) is 2.13. The molecular formula is C15H38Cl3N3. The Labute approximate surface area is 151 Å². The average Bonchev–Trinajstić information content (AvgIpc) is 2.39. The van der Waals surface area contributed by atoms with Gasteiger partial charge in [0.05, 0.1) is 0 Å². The maximum Gasteiger partial charge on any atom is -0.00489 e. The van der Waals surface area contributed by atoms with Gasteiger partial charge in [-0.15, -0.1) is 37.2 Å². The number of rotatable bonds is 15. The molecule has 0 atom stereocenters. The van der Waals surface area contributed by atoms with E-state index in [1.165, 1.54) is 83.8 Å². The molecule has 21 heavy (non-hydrogen) atoms. The van der Waals surface area contributed by atoms with Crippen LogP contribution in [0.4, 0.5) is 0 Å². The van der Waals surface area contributed by atoms with Crippen LogP contribution in [0.2, 0.25) is 0 Å². The minimum Gasteiger partial charge on any atom is -0.330 e. The lowest BCUT2D eigenvalue weighted by Crippen LogP contribution is -2.16. The molecular weight excluding hydrogens is 329 g/mol. The Morgan fingerprint density at radius 2 is 0.952 bits per heavy atom. The highest BCUT2D eigenvalue weighted by molar-refractivity contribution is 5.86. The van der Waals surface area contributed by atoms with Gasteiger partial charge in [-0.1, -0.05) is 38.5 Å². The minimum atomic E-state index is 0. The van der Waals surface area contributed by atoms with Crippen molar-refractivity contribution in [3.63, 3.8) is 0 Å². The Morgan fingerprint density at radius 1 is 0.571 bits per heavy atom. The van der Waals surface area contributed by atoms with Crippen LogP contribution in [0, 0.1) is 0 Å². The van der Waals surface area contributed by atoms with Crippen molar-refractivity contribution >= 4 is 37.2 Å². The quantitative estimate of drug-likeness (QED) is 0.385. The molecule has 0 aliphatic rings. The second-order valence-corrected chi connectivity index (χ2v) is 5.18. The van der Waals surface area contributed by atoms with Crippen molar-refractivity contribution in [1.82, 2.24) is 10.6 Å². The highest BCUT2D eigenvalue weighted by atomic mass is 35.5. The van der Waals surface area contributed by atoms with E-state index in [1.807, 2.05) is 7.05 Å². The highest BCUT2D eigenvalue weighted by Gasteiger charge is 1.92. The fraction of sp³-hybridized carbons (Fsp3) is 1.00. The summed E-state index contributed by atoms with van der Waals surface area (Å²) in [6.45, 7) is 4.42. The molecule has 0 saturated carbocycles. The maximum absolute atomic E-state index is 5.46. The van der Waals surface area contributed by atoms with Gasteiger partial charge in [-0.2, -0.15) is 0 Å². The summed E-state index contributed by atoms with van der Waals surface area (Å²) in [5.41, 5.74) is 5.46. The lowest BCUT2D eigenvalue weighted by atomic mass is 10.1. The van der Waals surface area contributed by atoms with E-state index in [1.54, 1.807) is 0 Å². The molecule has 0 heterocycles. The van der Waals surface area contributed by atoms with Gasteiger partial charge < -0.3 is 16.4 Å². The summed E-state index contributed by atoms with van der Waals surface area (Å²) in [4.78, 5) is 0. The van der Waals surface area contributed by atoms with Crippen LogP contribution in [0.5, 0.6) is 0 Å². The first kappa shape index (κ1) is 29.7. The van der Waals surface area contributed by atoms with Gasteiger partial charge in [0.25, 0.3) is 0 Å². The molecule has 6 heteroatoms. The smallest absolute Gasteiger partial charge is 0.00489 e. The molecule has 0 fully saturated rings. The Kier molecular flexibility index (Phi) is 40.8. The van der Waals surface area contributed by atoms with E-state index in [-0.39, 0.29) is 37.2 Å². The summed E-state index contributed by atoms with van der Waals surface area (Å²) in [5.74, 6) is 0. The molecule has 0 amide bonds. The predicted octanol–water partition coefficient (Wildman–Crippen LogP) is 3.92. The number of hydrogen-bond donors (Lipinski definition) is 3. The van der Waals surface area contributed by atoms with E-state index >= 15 is 0 Å². The molecule has 0 aromatic rings. The summed E-state index contributed by atoms with van der Waals surface area (Å²) in [7, 11) is 2.03. The second-order valence-electron chi connectivity index (χ2n) is 5.18. The van der Waals surface area contributed by atoms with E-state index in [2.05, 4.69) is 10.6 Å². The molecule has 0 aliphatic heterocycles. The van der Waals surface area contributed by atoms with E-state index < -0.39 is 0 Å². The number of unbranched alkanes of at least 4 members (excludes halogenated alkanes) is 8. The van der Waals surface area contributed by atoms with Gasteiger partial charge in [0.1, 0.15) is 0 Å². The van der Waals surface area contributed by atoms with Crippen LogP contribution < -0.4 is 16.4 Å². The average molecular weight is 367 g/mol. The number of halogens is 3. The fourth-order valence-electron chi connectivity index (χ4n) is 2.13. The third-order valence-electron chi connectivity index (χ3n) is 3.34. The molecule has 0 unspecified atom stereocenters. The molecule has 0 aliphatic carbocycles. The van der Waals surface area contributed by atoms with E-state index in [4.69, 9.17) is 5.73 Å². The maximum atomic E-state index is 5.46. The van der Waals surface area contributed by atoms with Crippen LogP contribution in [0.15, 0.2) is 0 Å². The van der Waals surface area contributed by atoms with Gasteiger partial charge in [-0.05, 0) is 58.9 Å². The zero-order chi connectivity index (χ0) is 13.3. The van der Waals surface area contributed by atoms with Crippen LogP contribution >= 0.6 is 37.2 Å². The monoisotopic (exact) mass is 365 g/mol. The standard InChI is InChI=1S/C15H35N3.3ClH/c1-17-13-9-5-3-7-11-15-18-14-10-6-2-4-8-12-16;;;/h17-18H,2-16H2,1H3;3*1H. The van der Waals surface area contributed by atoms with Crippen LogP contribution in [-0.2, 0) is 0 Å². The van der Waals surface area contributed by atoms with Gasteiger partial charge >= 0.3 is 0 Å². The zero-order valence-electron chi connectivity index (χ0n) is 13.7. The molecule has 4 N–H and O–H groups in total. The zero-order valence-corrected chi connectivity index (χ0v) is 16.2. The summed E-state index contributed by atoms with van der Waals surface area (Å²) in [5, 5.41) is 6.73. The summed E-state index contributed by atoms with van der Waals surface area (Å²) in [6.07, 6.45) is 13.4. The van der Waals surface area contributed by atoms with Crippen molar-refractivity contribution in [3.05, 3.63) is 0 Å². The van der Waals surface area contributed by atoms with Gasteiger partial charge in [0.15, 0.2) is 0 Å². The van der Waals surface area contributed by atoms with Crippen molar-refractivity contribution in [1.29, 1.82) is 0 Å². The lowest BCUT2D eigenvalue weighted by Gasteiger charge is -2.05. The summed E-state index contributed by atoms with van der Waals surface area (Å²) >= 11 is 0. The Hall–Kier alpha value is 0.750. The molecule has 0 spiro atoms. The molecule has 0 radical (unpaired) electrons. The Balaban J connectivity index is -0.000000482. The van der Waals surface area contributed by atoms with Crippen LogP contribution in [0.3, 0.4) is 0 Å². The normalized spacial score (nSPS) is 9.43. The van der Waals surface area contributed by atoms with Gasteiger partial charge in [0, 0.05) is 0 Å². The SMILES string of the molecule is CNCCCCCCCNCCCCCCCN.Cl.Cl.Cl. The second kappa shape index (κ2) is 28.8. The third-order valence-corrected chi connectivity index (χ3v) is 3.34. The molecule has 0 aromatic carbocycles. The topological polar surface area (TPSA) is 50.1 Å². The van der Waals surface area contributed by atoms with Gasteiger partial charge in [-0.3, -0.25) is 0 Å². The van der Waals surface area contributed by atoms with Crippen LogP contribution in [0.1, 0.15) is 64.2 Å². The van der Waals surface area contributed by atoms with Crippen molar-refractivity contribution < 1.29 is 0 Å². The van der Waals surface area contributed by atoms with E-state index in [0.717, 1.165) is 6.54 Å². The van der Waals surface area contributed by atoms with Crippen molar-refractivity contribution in [2.45, 2.75) is 64.2 Å². The number of nitrogens with two attached hydrogens (primary N) is 1. The molecule has 0 bridgehead atoms. The van der Waals surface area contributed by atoms with Gasteiger partial charge in [0.2, 0.25) is 0 Å². The summed E-state index contributed by atoms with van der Waals surface area (Å²) < 4.78 is 0. The van der Waals surface area contributed by atoms with E-state index in [0.29, 0.717) is 0 Å². The highest BCUT2D eigenvalue weighted by Crippen LogP contribution is 2.02. The lowest BCUT2D eigenvalue weighted by molar-refractivity contribution is 0.544. The minimum absolute atomic E-state index is 0. The van der Waals surface area contributed by atoms with Crippen molar-refractivity contribution in [2.24, 2.45) is 5.73 Å². The van der Waals surface area contributed by atoms with Crippen molar-refractivity contribution in [3.8, 4) is 0 Å². The first-order chi connectivity index (χ1) is 8.91. The molecule has 0 aromatic heterocycles.